The van der Waals surface area contributed by atoms with E-state index >= 15 is 0 Å². The molecular formula is C23H24N2O4S. The van der Waals surface area contributed by atoms with Gasteiger partial charge >= 0.3 is 0 Å². The maximum atomic E-state index is 12.8. The van der Waals surface area contributed by atoms with Crippen LogP contribution in [0.2, 0.25) is 0 Å². The number of fused-ring (bicyclic) bond motifs is 1. The largest absolute Gasteiger partial charge is 0.483 e. The highest BCUT2D eigenvalue weighted by molar-refractivity contribution is 7.89. The van der Waals surface area contributed by atoms with Gasteiger partial charge in [-0.05, 0) is 30.5 Å². The van der Waals surface area contributed by atoms with E-state index in [9.17, 15) is 13.2 Å². The fourth-order valence-corrected chi connectivity index (χ4v) is 5.01. The number of ether oxygens (including phenoxy) is 1. The molecule has 4 rings (SSSR count). The fraction of sp³-hybridized carbons (Fsp3) is 0.261. The predicted molar refractivity (Wildman–Crippen MR) is 116 cm³/mol. The summed E-state index contributed by atoms with van der Waals surface area (Å²) in [5.41, 5.74) is 1.01. The maximum Gasteiger partial charge on any atom is 0.260 e. The van der Waals surface area contributed by atoms with Crippen LogP contribution in [-0.2, 0) is 14.8 Å². The Morgan fingerprint density at radius 3 is 2.30 bits per heavy atom. The van der Waals surface area contributed by atoms with Crippen molar-refractivity contribution in [1.29, 1.82) is 0 Å². The Balaban J connectivity index is 1.36. The highest BCUT2D eigenvalue weighted by Gasteiger charge is 2.30. The molecule has 3 aromatic rings. The topological polar surface area (TPSA) is 66.9 Å². The number of carbonyl (C=O) groups is 1. The summed E-state index contributed by atoms with van der Waals surface area (Å²) in [7, 11) is -3.54. The third-order valence-electron chi connectivity index (χ3n) is 5.35. The van der Waals surface area contributed by atoms with Crippen molar-refractivity contribution in [3.05, 3.63) is 72.3 Å². The van der Waals surface area contributed by atoms with E-state index in [1.54, 1.807) is 29.2 Å². The quantitative estimate of drug-likeness (QED) is 0.631. The van der Waals surface area contributed by atoms with Gasteiger partial charge in [0.05, 0.1) is 4.90 Å². The van der Waals surface area contributed by atoms with Gasteiger partial charge in [-0.15, -0.1) is 0 Å². The van der Waals surface area contributed by atoms with Crippen LogP contribution in [0, 0.1) is 6.92 Å². The number of hydrogen-bond donors (Lipinski definition) is 0. The number of hydrogen-bond acceptors (Lipinski definition) is 4. The van der Waals surface area contributed by atoms with Gasteiger partial charge in [-0.25, -0.2) is 8.42 Å². The van der Waals surface area contributed by atoms with Crippen molar-refractivity contribution >= 4 is 26.7 Å². The SMILES string of the molecule is Cc1ccc(S(=O)(=O)N2CCN(C(=O)COc3cccc4ccccc34)CC2)cc1. The monoisotopic (exact) mass is 424 g/mol. The summed E-state index contributed by atoms with van der Waals surface area (Å²) in [5, 5.41) is 2.01. The van der Waals surface area contributed by atoms with Crippen molar-refractivity contribution < 1.29 is 17.9 Å². The molecule has 0 saturated carbocycles. The number of sulfonamides is 1. The van der Waals surface area contributed by atoms with Gasteiger partial charge in [0.15, 0.2) is 6.61 Å². The second-order valence-corrected chi connectivity index (χ2v) is 9.30. The second kappa shape index (κ2) is 8.45. The second-order valence-electron chi connectivity index (χ2n) is 7.36. The molecule has 0 aromatic heterocycles. The minimum Gasteiger partial charge on any atom is -0.483 e. The predicted octanol–water partition coefficient (Wildman–Crippen LogP) is 3.06. The molecule has 0 atom stereocenters. The summed E-state index contributed by atoms with van der Waals surface area (Å²) in [4.78, 5) is 14.5. The van der Waals surface area contributed by atoms with Crippen LogP contribution in [0.1, 0.15) is 5.56 Å². The minimum absolute atomic E-state index is 0.0707. The van der Waals surface area contributed by atoms with Crippen LogP contribution in [0.5, 0.6) is 5.75 Å². The van der Waals surface area contributed by atoms with Crippen molar-refractivity contribution in [2.75, 3.05) is 32.8 Å². The molecule has 7 heteroatoms. The van der Waals surface area contributed by atoms with Gasteiger partial charge in [0.1, 0.15) is 5.75 Å². The Morgan fingerprint density at radius 1 is 0.900 bits per heavy atom. The molecule has 0 bridgehead atoms. The maximum absolute atomic E-state index is 12.8. The average Bonchev–Trinajstić information content (AvgIpc) is 2.78. The van der Waals surface area contributed by atoms with Crippen LogP contribution in [0.25, 0.3) is 10.8 Å². The zero-order valence-electron chi connectivity index (χ0n) is 16.8. The lowest BCUT2D eigenvalue weighted by molar-refractivity contribution is -0.134. The normalized spacial score (nSPS) is 15.3. The van der Waals surface area contributed by atoms with Gasteiger partial charge in [-0.2, -0.15) is 4.31 Å². The number of rotatable bonds is 5. The smallest absolute Gasteiger partial charge is 0.260 e. The number of carbonyl (C=O) groups excluding carboxylic acids is 1. The third kappa shape index (κ3) is 4.17. The number of aryl methyl sites for hydroxylation is 1. The summed E-state index contributed by atoms with van der Waals surface area (Å²) < 4.78 is 32.8. The zero-order valence-corrected chi connectivity index (χ0v) is 17.6. The Hall–Kier alpha value is -2.90. The standard InChI is InChI=1S/C23H24N2O4S/c1-18-9-11-20(12-10-18)30(27,28)25-15-13-24(14-16-25)23(26)17-29-22-8-4-6-19-5-2-3-7-21(19)22/h2-12H,13-17H2,1H3. The molecule has 0 N–H and O–H groups in total. The summed E-state index contributed by atoms with van der Waals surface area (Å²) >= 11 is 0. The summed E-state index contributed by atoms with van der Waals surface area (Å²) in [5.74, 6) is 0.525. The van der Waals surface area contributed by atoms with E-state index < -0.39 is 10.0 Å². The Morgan fingerprint density at radius 2 is 1.57 bits per heavy atom. The molecule has 1 heterocycles. The molecule has 0 radical (unpaired) electrons. The van der Waals surface area contributed by atoms with Crippen molar-refractivity contribution in [2.45, 2.75) is 11.8 Å². The lowest BCUT2D eigenvalue weighted by atomic mass is 10.1. The molecule has 1 aliphatic heterocycles. The molecule has 156 valence electrons. The van der Waals surface area contributed by atoms with Crippen molar-refractivity contribution in [3.63, 3.8) is 0 Å². The Kier molecular flexibility index (Phi) is 5.74. The summed E-state index contributed by atoms with van der Waals surface area (Å²) in [6.07, 6.45) is 0. The van der Waals surface area contributed by atoms with E-state index in [2.05, 4.69) is 0 Å². The van der Waals surface area contributed by atoms with E-state index in [1.165, 1.54) is 4.31 Å². The van der Waals surface area contributed by atoms with E-state index in [1.807, 2.05) is 49.4 Å². The molecule has 0 spiro atoms. The zero-order chi connectivity index (χ0) is 21.1. The molecule has 1 aliphatic rings. The minimum atomic E-state index is -3.54. The Bertz CT molecular complexity index is 1150. The van der Waals surface area contributed by atoms with Crippen LogP contribution in [0.15, 0.2) is 71.6 Å². The van der Waals surface area contributed by atoms with Crippen LogP contribution in [0.3, 0.4) is 0 Å². The van der Waals surface area contributed by atoms with Crippen LogP contribution < -0.4 is 4.74 Å². The van der Waals surface area contributed by atoms with Crippen molar-refractivity contribution in [1.82, 2.24) is 9.21 Å². The molecule has 0 unspecified atom stereocenters. The highest BCUT2D eigenvalue weighted by Crippen LogP contribution is 2.25. The van der Waals surface area contributed by atoms with E-state index in [0.29, 0.717) is 18.8 Å². The lowest BCUT2D eigenvalue weighted by Crippen LogP contribution is -2.51. The fourth-order valence-electron chi connectivity index (χ4n) is 3.59. The van der Waals surface area contributed by atoms with Gasteiger partial charge in [-0.3, -0.25) is 4.79 Å². The van der Waals surface area contributed by atoms with Crippen LogP contribution >= 0.6 is 0 Å². The van der Waals surface area contributed by atoms with Gasteiger partial charge in [0.2, 0.25) is 10.0 Å². The first-order valence-corrected chi connectivity index (χ1v) is 11.3. The van der Waals surface area contributed by atoms with Crippen molar-refractivity contribution in [2.24, 2.45) is 0 Å². The van der Waals surface area contributed by atoms with Crippen molar-refractivity contribution in [3.8, 4) is 5.75 Å². The molecular weight excluding hydrogens is 400 g/mol. The van der Waals surface area contributed by atoms with Gasteiger partial charge < -0.3 is 9.64 Å². The molecule has 1 amide bonds. The van der Waals surface area contributed by atoms with Gasteiger partial charge in [-0.1, -0.05) is 54.1 Å². The first-order chi connectivity index (χ1) is 14.4. The van der Waals surface area contributed by atoms with E-state index in [-0.39, 0.29) is 30.5 Å². The highest BCUT2D eigenvalue weighted by atomic mass is 32.2. The first-order valence-electron chi connectivity index (χ1n) is 9.90. The Labute approximate surface area is 176 Å². The van der Waals surface area contributed by atoms with Gasteiger partial charge in [0.25, 0.3) is 5.91 Å². The molecule has 30 heavy (non-hydrogen) atoms. The number of nitrogens with zero attached hydrogens (tertiary/aromatic N) is 2. The number of benzene rings is 3. The number of piperazine rings is 1. The number of amides is 1. The molecule has 3 aromatic carbocycles. The first kappa shape index (κ1) is 20.4. The molecule has 1 fully saturated rings. The molecule has 6 nitrogen and oxygen atoms in total. The van der Waals surface area contributed by atoms with Crippen LogP contribution in [0.4, 0.5) is 0 Å². The van der Waals surface area contributed by atoms with Gasteiger partial charge in [0, 0.05) is 31.6 Å². The van der Waals surface area contributed by atoms with E-state index in [0.717, 1.165) is 16.3 Å². The van der Waals surface area contributed by atoms with Crippen LogP contribution in [-0.4, -0.2) is 56.3 Å². The summed E-state index contributed by atoms with van der Waals surface area (Å²) in [6.45, 7) is 3.10. The molecule has 0 aliphatic carbocycles. The lowest BCUT2D eigenvalue weighted by Gasteiger charge is -2.34. The summed E-state index contributed by atoms with van der Waals surface area (Å²) in [6, 6.07) is 20.4. The molecule has 1 saturated heterocycles. The van der Waals surface area contributed by atoms with E-state index in [4.69, 9.17) is 4.74 Å². The third-order valence-corrected chi connectivity index (χ3v) is 7.26. The average molecular weight is 425 g/mol.